The monoisotopic (exact) mass is 394 g/mol. The summed E-state index contributed by atoms with van der Waals surface area (Å²) in [6.07, 6.45) is 0. The van der Waals surface area contributed by atoms with Gasteiger partial charge in [-0.3, -0.25) is 4.72 Å². The topological polar surface area (TPSA) is 58.2 Å². The Kier molecular flexibility index (Phi) is 5.09. The molecule has 0 aliphatic rings. The van der Waals surface area contributed by atoms with Crippen LogP contribution >= 0.6 is 38.9 Å². The van der Waals surface area contributed by atoms with Crippen molar-refractivity contribution in [2.75, 3.05) is 11.8 Å². The average Bonchev–Trinajstić information content (AvgIpc) is 2.83. The smallest absolute Gasteiger partial charge is 0.271 e. The van der Waals surface area contributed by atoms with Gasteiger partial charge in [-0.05, 0) is 58.2 Å². The van der Waals surface area contributed by atoms with Crippen LogP contribution in [-0.2, 0) is 16.6 Å². The maximum atomic E-state index is 12.2. The summed E-state index contributed by atoms with van der Waals surface area (Å²) in [6, 6.07) is 6.54. The van der Waals surface area contributed by atoms with Gasteiger partial charge in [0.2, 0.25) is 0 Å². The van der Waals surface area contributed by atoms with Crippen molar-refractivity contribution in [2.45, 2.75) is 10.8 Å². The first kappa shape index (κ1) is 15.8. The van der Waals surface area contributed by atoms with E-state index in [4.69, 9.17) is 11.6 Å². The maximum absolute atomic E-state index is 12.2. The lowest BCUT2D eigenvalue weighted by Gasteiger charge is -2.07. The van der Waals surface area contributed by atoms with E-state index in [1.165, 1.54) is 11.3 Å². The van der Waals surface area contributed by atoms with E-state index in [9.17, 15) is 8.42 Å². The molecule has 0 bridgehead atoms. The van der Waals surface area contributed by atoms with Gasteiger partial charge in [-0.15, -0.1) is 11.3 Å². The van der Waals surface area contributed by atoms with E-state index >= 15 is 0 Å². The zero-order valence-electron chi connectivity index (χ0n) is 10.5. The molecule has 1 aromatic carbocycles. The summed E-state index contributed by atoms with van der Waals surface area (Å²) in [5.41, 5.74) is 1.40. The zero-order valence-corrected chi connectivity index (χ0v) is 14.5. The second kappa shape index (κ2) is 6.44. The first-order chi connectivity index (χ1) is 9.42. The molecule has 2 aromatic rings. The lowest BCUT2D eigenvalue weighted by molar-refractivity contribution is 0.603. The molecule has 1 aromatic heterocycles. The lowest BCUT2D eigenvalue weighted by Crippen LogP contribution is -2.11. The number of hydrogen-bond donors (Lipinski definition) is 2. The second-order valence-corrected chi connectivity index (χ2v) is 8.12. The largest absolute Gasteiger partial charge is 0.316 e. The number of hydrogen-bond acceptors (Lipinski definition) is 4. The van der Waals surface area contributed by atoms with Gasteiger partial charge in [0.05, 0.1) is 10.7 Å². The van der Waals surface area contributed by atoms with Crippen LogP contribution < -0.4 is 10.0 Å². The molecule has 20 heavy (non-hydrogen) atoms. The number of nitrogens with one attached hydrogen (secondary N) is 2. The molecule has 0 radical (unpaired) electrons. The Morgan fingerprint density at radius 3 is 2.75 bits per heavy atom. The summed E-state index contributed by atoms with van der Waals surface area (Å²) in [6.45, 7) is 0.637. The summed E-state index contributed by atoms with van der Waals surface area (Å²) in [4.78, 5) is 0. The number of halogens is 2. The molecule has 4 nitrogen and oxygen atoms in total. The van der Waals surface area contributed by atoms with E-state index in [0.717, 1.165) is 5.56 Å². The Hall–Kier alpha value is -0.600. The minimum atomic E-state index is -3.56. The van der Waals surface area contributed by atoms with Crippen LogP contribution in [0.2, 0.25) is 5.02 Å². The van der Waals surface area contributed by atoms with Gasteiger partial charge in [0, 0.05) is 11.0 Å². The number of thiophene rings is 1. The predicted molar refractivity (Wildman–Crippen MR) is 87.0 cm³/mol. The van der Waals surface area contributed by atoms with Crippen LogP contribution in [0, 0.1) is 0 Å². The Morgan fingerprint density at radius 1 is 1.35 bits per heavy atom. The fourth-order valence-corrected chi connectivity index (χ4v) is 4.31. The summed E-state index contributed by atoms with van der Waals surface area (Å²) in [5, 5.41) is 5.33. The van der Waals surface area contributed by atoms with Gasteiger partial charge in [0.25, 0.3) is 10.0 Å². The van der Waals surface area contributed by atoms with E-state index < -0.39 is 10.0 Å². The molecule has 0 aliphatic heterocycles. The lowest BCUT2D eigenvalue weighted by atomic mass is 10.3. The highest BCUT2D eigenvalue weighted by atomic mass is 79.9. The Labute approximate surface area is 135 Å². The molecule has 108 valence electrons. The highest BCUT2D eigenvalue weighted by Crippen LogP contribution is 2.28. The third kappa shape index (κ3) is 3.73. The first-order valence-electron chi connectivity index (χ1n) is 5.62. The van der Waals surface area contributed by atoms with Crippen LogP contribution in [0.3, 0.4) is 0 Å². The zero-order chi connectivity index (χ0) is 14.8. The molecule has 2 rings (SSSR count). The molecule has 2 N–H and O–H groups in total. The first-order valence-corrected chi connectivity index (χ1v) is 9.15. The van der Waals surface area contributed by atoms with E-state index in [2.05, 4.69) is 26.0 Å². The fourth-order valence-electron chi connectivity index (χ4n) is 1.56. The van der Waals surface area contributed by atoms with Gasteiger partial charge in [0.15, 0.2) is 0 Å². The molecule has 0 fully saturated rings. The number of benzene rings is 1. The number of sulfonamides is 1. The summed E-state index contributed by atoms with van der Waals surface area (Å²) in [7, 11) is -1.75. The van der Waals surface area contributed by atoms with Crippen molar-refractivity contribution in [1.82, 2.24) is 5.32 Å². The molecule has 0 aliphatic carbocycles. The Balaban J connectivity index is 2.23. The third-order valence-electron chi connectivity index (χ3n) is 2.45. The molecular weight excluding hydrogens is 384 g/mol. The van der Waals surface area contributed by atoms with E-state index in [1.54, 1.807) is 24.3 Å². The minimum absolute atomic E-state index is 0.286. The summed E-state index contributed by atoms with van der Waals surface area (Å²) >= 11 is 10.3. The fraction of sp³-hybridized carbons (Fsp3) is 0.167. The van der Waals surface area contributed by atoms with Gasteiger partial charge in [-0.1, -0.05) is 11.6 Å². The molecule has 0 unspecified atom stereocenters. The highest BCUT2D eigenvalue weighted by molar-refractivity contribution is 9.10. The van der Waals surface area contributed by atoms with Crippen molar-refractivity contribution in [3.05, 3.63) is 44.7 Å². The molecule has 8 heteroatoms. The number of anilines is 1. The predicted octanol–water partition coefficient (Wildman–Crippen LogP) is 3.68. The van der Waals surface area contributed by atoms with Crippen LogP contribution in [0.5, 0.6) is 0 Å². The molecule has 0 spiro atoms. The van der Waals surface area contributed by atoms with E-state index in [-0.39, 0.29) is 4.21 Å². The molecule has 1 heterocycles. The van der Waals surface area contributed by atoms with Crippen molar-refractivity contribution in [1.29, 1.82) is 0 Å². The molecule has 0 saturated heterocycles. The van der Waals surface area contributed by atoms with Crippen LogP contribution in [0.25, 0.3) is 0 Å². The van der Waals surface area contributed by atoms with Crippen LogP contribution in [-0.4, -0.2) is 15.5 Å². The summed E-state index contributed by atoms with van der Waals surface area (Å²) < 4.78 is 27.9. The van der Waals surface area contributed by atoms with Crippen molar-refractivity contribution in [3.8, 4) is 0 Å². The van der Waals surface area contributed by atoms with Crippen LogP contribution in [0.4, 0.5) is 5.69 Å². The number of rotatable bonds is 5. The quantitative estimate of drug-likeness (QED) is 0.812. The summed E-state index contributed by atoms with van der Waals surface area (Å²) in [5.74, 6) is 0. The normalized spacial score (nSPS) is 11.6. The van der Waals surface area contributed by atoms with Gasteiger partial charge in [-0.2, -0.15) is 0 Å². The van der Waals surface area contributed by atoms with Gasteiger partial charge in [-0.25, -0.2) is 8.42 Å². The van der Waals surface area contributed by atoms with E-state index in [1.807, 2.05) is 12.4 Å². The van der Waals surface area contributed by atoms with Gasteiger partial charge < -0.3 is 5.32 Å². The molecule has 0 saturated carbocycles. The molecule has 0 atom stereocenters. The second-order valence-electron chi connectivity index (χ2n) is 4.04. The van der Waals surface area contributed by atoms with Crippen molar-refractivity contribution in [2.24, 2.45) is 0 Å². The third-order valence-corrected chi connectivity index (χ3v) is 6.53. The van der Waals surface area contributed by atoms with Gasteiger partial charge >= 0.3 is 0 Å². The molecular formula is C12H12BrClN2O2S2. The van der Waals surface area contributed by atoms with Crippen molar-refractivity contribution in [3.63, 3.8) is 0 Å². The standard InChI is InChI=1S/C12H12BrClN2O2S2/c1-15-6-8-4-12(19-7-8)20(17,18)16-9-2-3-11(14)10(13)5-9/h2-5,7,15-16H,6H2,1H3. The average molecular weight is 396 g/mol. The van der Waals surface area contributed by atoms with Gasteiger partial charge in [0.1, 0.15) is 4.21 Å². The van der Waals surface area contributed by atoms with Crippen molar-refractivity contribution >= 4 is 54.6 Å². The Morgan fingerprint density at radius 2 is 2.10 bits per heavy atom. The Bertz CT molecular complexity index is 716. The SMILES string of the molecule is CNCc1csc(S(=O)(=O)Nc2ccc(Cl)c(Br)c2)c1. The highest BCUT2D eigenvalue weighted by Gasteiger charge is 2.17. The maximum Gasteiger partial charge on any atom is 0.271 e. The van der Waals surface area contributed by atoms with E-state index in [0.29, 0.717) is 21.7 Å². The van der Waals surface area contributed by atoms with Crippen LogP contribution in [0.1, 0.15) is 5.56 Å². The van der Waals surface area contributed by atoms with Crippen molar-refractivity contribution < 1.29 is 8.42 Å². The minimum Gasteiger partial charge on any atom is -0.316 e. The molecule has 0 amide bonds. The van der Waals surface area contributed by atoms with Crippen LogP contribution in [0.15, 0.2) is 38.3 Å².